The Morgan fingerprint density at radius 3 is 2.64 bits per heavy atom. The van der Waals surface area contributed by atoms with Crippen molar-refractivity contribution in [2.75, 3.05) is 6.54 Å². The van der Waals surface area contributed by atoms with Crippen molar-refractivity contribution in [3.63, 3.8) is 0 Å². The van der Waals surface area contributed by atoms with Gasteiger partial charge in [-0.05, 0) is 73.3 Å². The van der Waals surface area contributed by atoms with Crippen LogP contribution in [0.1, 0.15) is 81.7 Å². The molecule has 6 nitrogen and oxygen atoms in total. The Balaban J connectivity index is 1.50. The number of nitrogens with zero attached hydrogens (tertiary/aromatic N) is 1. The molecule has 7 heteroatoms. The minimum Gasteiger partial charge on any atom is -0.471 e. The van der Waals surface area contributed by atoms with Gasteiger partial charge in [-0.15, -0.1) is 0 Å². The molecule has 4 rings (SSSR count). The van der Waals surface area contributed by atoms with Crippen LogP contribution in [0.15, 0.2) is 30.5 Å². The van der Waals surface area contributed by atoms with Crippen LogP contribution >= 0.6 is 0 Å². The molecule has 3 N–H and O–H groups in total. The monoisotopic (exact) mass is 497 g/mol. The number of benzene rings is 1. The van der Waals surface area contributed by atoms with E-state index in [1.165, 1.54) is 18.6 Å². The Hall–Kier alpha value is -2.51. The molecule has 0 bridgehead atoms. The first-order valence-corrected chi connectivity index (χ1v) is 13.0. The predicted molar refractivity (Wildman–Crippen MR) is 138 cm³/mol. The highest BCUT2D eigenvalue weighted by Gasteiger charge is 2.46. The maximum absolute atomic E-state index is 14.1. The van der Waals surface area contributed by atoms with E-state index in [1.54, 1.807) is 13.0 Å². The number of hydrogen-bond donors (Lipinski definition) is 3. The number of aryl methyl sites for hydroxylation is 1. The number of carbonyl (C=O) groups is 1. The second-order valence-corrected chi connectivity index (χ2v) is 11.9. The molecule has 2 aliphatic rings. The molecule has 1 aliphatic carbocycles. The summed E-state index contributed by atoms with van der Waals surface area (Å²) < 4.78 is 20.5. The molecule has 2 heterocycles. The molecule has 3 atom stereocenters. The Morgan fingerprint density at radius 1 is 1.28 bits per heavy atom. The molecule has 1 amide bonds. The fourth-order valence-electron chi connectivity index (χ4n) is 5.31. The topological polar surface area (TPSA) is 83.5 Å². The predicted octanol–water partition coefficient (Wildman–Crippen LogP) is 4.56. The average molecular weight is 498 g/mol. The summed E-state index contributed by atoms with van der Waals surface area (Å²) in [6.45, 7) is 10.1. The number of hydrogen-bond acceptors (Lipinski definition) is 5. The lowest BCUT2D eigenvalue weighted by Crippen LogP contribution is -2.52. The number of halogens is 1. The van der Waals surface area contributed by atoms with Crippen molar-refractivity contribution in [1.29, 1.82) is 0 Å². The highest BCUT2D eigenvalue weighted by molar-refractivity contribution is 5.73. The molecule has 1 aliphatic heterocycles. The first kappa shape index (κ1) is 26.6. The van der Waals surface area contributed by atoms with Gasteiger partial charge in [0.15, 0.2) is 0 Å². The lowest BCUT2D eigenvalue weighted by molar-refractivity contribution is -0.120. The summed E-state index contributed by atoms with van der Waals surface area (Å²) in [5.74, 6) is 0.163. The number of ether oxygens (including phenoxy) is 1. The third kappa shape index (κ3) is 6.43. The van der Waals surface area contributed by atoms with E-state index in [9.17, 15) is 14.3 Å². The van der Waals surface area contributed by atoms with Gasteiger partial charge in [-0.1, -0.05) is 32.9 Å². The molecular weight excluding hydrogens is 457 g/mol. The van der Waals surface area contributed by atoms with Crippen molar-refractivity contribution >= 4 is 5.91 Å². The SMILES string of the molecule is CC(=O)N[C@@H](Cc1ccc(C)c(F)c1)[C@H](O)CN[C@H]1CC2(CCC2)Oc2ncc(CC(C)(C)C)cc21. The Bertz CT molecular complexity index is 1090. The summed E-state index contributed by atoms with van der Waals surface area (Å²) in [4.78, 5) is 16.6. The first-order chi connectivity index (χ1) is 16.9. The number of amides is 1. The van der Waals surface area contributed by atoms with Gasteiger partial charge in [0.05, 0.1) is 12.1 Å². The van der Waals surface area contributed by atoms with Crippen molar-refractivity contribution in [2.24, 2.45) is 5.41 Å². The third-order valence-electron chi connectivity index (χ3n) is 7.32. The van der Waals surface area contributed by atoms with Gasteiger partial charge in [0.1, 0.15) is 11.4 Å². The van der Waals surface area contributed by atoms with Crippen LogP contribution in [0.3, 0.4) is 0 Å². The minimum absolute atomic E-state index is 0.00841. The molecule has 1 spiro atoms. The number of carbonyl (C=O) groups excluding carboxylic acids is 1. The highest BCUT2D eigenvalue weighted by Crippen LogP contribution is 2.48. The van der Waals surface area contributed by atoms with E-state index in [-0.39, 0.29) is 35.3 Å². The normalized spacial score (nSPS) is 20.1. The maximum atomic E-state index is 14.1. The number of pyridine rings is 1. The van der Waals surface area contributed by atoms with Gasteiger partial charge in [-0.3, -0.25) is 4.79 Å². The highest BCUT2D eigenvalue weighted by atomic mass is 19.1. The zero-order chi connectivity index (χ0) is 26.1. The summed E-state index contributed by atoms with van der Waals surface area (Å²) in [6, 6.07) is 6.67. The van der Waals surface area contributed by atoms with Crippen LogP contribution in [-0.4, -0.2) is 40.3 Å². The van der Waals surface area contributed by atoms with Crippen molar-refractivity contribution in [3.05, 3.63) is 58.5 Å². The van der Waals surface area contributed by atoms with Crippen LogP contribution in [0.2, 0.25) is 0 Å². The van der Waals surface area contributed by atoms with Crippen LogP contribution in [0.4, 0.5) is 4.39 Å². The van der Waals surface area contributed by atoms with E-state index < -0.39 is 12.1 Å². The van der Waals surface area contributed by atoms with Crippen LogP contribution in [0.5, 0.6) is 5.88 Å². The van der Waals surface area contributed by atoms with Crippen molar-refractivity contribution < 1.29 is 19.0 Å². The number of nitrogens with one attached hydrogen (secondary N) is 2. The van der Waals surface area contributed by atoms with Gasteiger partial charge in [0, 0.05) is 37.7 Å². The second kappa shape index (κ2) is 10.5. The molecule has 1 aromatic heterocycles. The van der Waals surface area contributed by atoms with Gasteiger partial charge >= 0.3 is 0 Å². The molecule has 36 heavy (non-hydrogen) atoms. The zero-order valence-corrected chi connectivity index (χ0v) is 22.2. The second-order valence-electron chi connectivity index (χ2n) is 11.9. The summed E-state index contributed by atoms with van der Waals surface area (Å²) >= 11 is 0. The largest absolute Gasteiger partial charge is 0.471 e. The van der Waals surface area contributed by atoms with Crippen LogP contribution in [0, 0.1) is 18.2 Å². The van der Waals surface area contributed by atoms with Crippen molar-refractivity contribution in [3.8, 4) is 5.88 Å². The molecule has 1 saturated carbocycles. The van der Waals surface area contributed by atoms with Gasteiger partial charge in [-0.25, -0.2) is 9.37 Å². The number of aliphatic hydroxyl groups excluding tert-OH is 1. The lowest BCUT2D eigenvalue weighted by Gasteiger charge is -2.47. The number of fused-ring (bicyclic) bond motifs is 1. The Kier molecular flexibility index (Phi) is 7.72. The number of aromatic nitrogens is 1. The molecular formula is C29H40FN3O3. The van der Waals surface area contributed by atoms with Gasteiger partial charge < -0.3 is 20.5 Å². The Morgan fingerprint density at radius 2 is 2.03 bits per heavy atom. The third-order valence-corrected chi connectivity index (χ3v) is 7.32. The molecule has 0 radical (unpaired) electrons. The molecule has 0 saturated heterocycles. The molecule has 1 aromatic carbocycles. The first-order valence-electron chi connectivity index (χ1n) is 13.0. The maximum Gasteiger partial charge on any atom is 0.218 e. The fourth-order valence-corrected chi connectivity index (χ4v) is 5.31. The summed E-state index contributed by atoms with van der Waals surface area (Å²) in [7, 11) is 0. The summed E-state index contributed by atoms with van der Waals surface area (Å²) in [5, 5.41) is 17.5. The van der Waals surface area contributed by atoms with Gasteiger partial charge in [0.25, 0.3) is 0 Å². The summed E-state index contributed by atoms with van der Waals surface area (Å²) in [6.07, 6.45) is 6.29. The summed E-state index contributed by atoms with van der Waals surface area (Å²) in [5.41, 5.74) is 3.44. The molecule has 196 valence electrons. The van der Waals surface area contributed by atoms with Gasteiger partial charge in [0.2, 0.25) is 11.8 Å². The standard InChI is InChI=1S/C29H40FN3O3/c1-18-7-8-20(12-23(18)30)13-24(33-19(2)34)26(35)17-31-25-15-29(9-6-10-29)36-27-22(25)11-21(16-32-27)14-28(3,4)5/h7-8,11-12,16,24-26,31,35H,6,9-10,13-15,17H2,1-5H3,(H,33,34)/t24-,25-,26+/m0/s1. The van der Waals surface area contributed by atoms with Crippen molar-refractivity contribution in [1.82, 2.24) is 15.6 Å². The lowest BCUT2D eigenvalue weighted by atomic mass is 9.73. The van der Waals surface area contributed by atoms with E-state index in [2.05, 4.69) is 42.5 Å². The van der Waals surface area contributed by atoms with E-state index in [1.807, 2.05) is 12.3 Å². The average Bonchev–Trinajstić information content (AvgIpc) is 2.76. The Labute approximate surface area is 214 Å². The minimum atomic E-state index is -0.854. The molecule has 0 unspecified atom stereocenters. The molecule has 2 aromatic rings. The van der Waals surface area contributed by atoms with Gasteiger partial charge in [-0.2, -0.15) is 0 Å². The van der Waals surface area contributed by atoms with Crippen LogP contribution in [0.25, 0.3) is 0 Å². The van der Waals surface area contributed by atoms with Crippen molar-refractivity contribution in [2.45, 2.75) is 96.9 Å². The van der Waals surface area contributed by atoms with E-state index in [4.69, 9.17) is 4.74 Å². The van der Waals surface area contributed by atoms with E-state index >= 15 is 0 Å². The van der Waals surface area contributed by atoms with E-state index in [0.29, 0.717) is 17.9 Å². The fraction of sp³-hybridized carbons (Fsp3) is 0.586. The number of rotatable bonds is 8. The van der Waals surface area contributed by atoms with Crippen LogP contribution < -0.4 is 15.4 Å². The van der Waals surface area contributed by atoms with E-state index in [0.717, 1.165) is 43.2 Å². The van der Waals surface area contributed by atoms with Crippen LogP contribution in [-0.2, 0) is 17.6 Å². The molecule has 1 fully saturated rings. The quantitative estimate of drug-likeness (QED) is 0.498. The smallest absolute Gasteiger partial charge is 0.218 e. The zero-order valence-electron chi connectivity index (χ0n) is 22.2. The number of aliphatic hydroxyl groups is 1.